The molecule has 0 saturated heterocycles. The maximum Gasteiger partial charge on any atom is 0.301 e. The van der Waals surface area contributed by atoms with Crippen LogP contribution >= 0.6 is 0 Å². The number of aromatic nitrogens is 1. The monoisotopic (exact) mass is 337 g/mol. The predicted octanol–water partition coefficient (Wildman–Crippen LogP) is 4.33. The molecule has 1 heterocycles. The van der Waals surface area contributed by atoms with Gasteiger partial charge in [-0.05, 0) is 36.8 Å². The Morgan fingerprint density at radius 3 is 2.68 bits per heavy atom. The molecule has 3 aromatic rings. The van der Waals surface area contributed by atoms with Crippen LogP contribution in [0, 0.1) is 10.1 Å². The highest BCUT2D eigenvalue weighted by Gasteiger charge is 2.20. The number of nitro benzene ring substituents is 1. The molecule has 0 saturated carbocycles. The Bertz CT molecular complexity index is 868. The van der Waals surface area contributed by atoms with Crippen LogP contribution in [0.15, 0.2) is 60.8 Å². The van der Waals surface area contributed by atoms with Crippen molar-refractivity contribution in [3.63, 3.8) is 0 Å². The van der Waals surface area contributed by atoms with Gasteiger partial charge in [-0.2, -0.15) is 0 Å². The molecule has 128 valence electrons. The van der Waals surface area contributed by atoms with Crippen molar-refractivity contribution in [1.82, 2.24) is 4.98 Å². The van der Waals surface area contributed by atoms with E-state index in [1.807, 2.05) is 37.3 Å². The summed E-state index contributed by atoms with van der Waals surface area (Å²) in [6.45, 7) is 2.93. The molecule has 1 atom stereocenters. The van der Waals surface area contributed by atoms with Gasteiger partial charge in [0.1, 0.15) is 5.69 Å². The first-order valence-corrected chi connectivity index (χ1v) is 8.13. The van der Waals surface area contributed by atoms with Gasteiger partial charge in [0, 0.05) is 19.3 Å². The number of hydrogen-bond donors (Lipinski definition) is 1. The van der Waals surface area contributed by atoms with Crippen LogP contribution in [-0.4, -0.2) is 23.1 Å². The van der Waals surface area contributed by atoms with Crippen LogP contribution in [0.2, 0.25) is 0 Å². The van der Waals surface area contributed by atoms with Gasteiger partial charge < -0.3 is 10.1 Å². The average molecular weight is 337 g/mol. The highest BCUT2D eigenvalue weighted by atomic mass is 16.6. The van der Waals surface area contributed by atoms with E-state index in [-0.39, 0.29) is 16.7 Å². The molecule has 0 aliphatic rings. The Balaban J connectivity index is 1.89. The molecular formula is C19H19N3O3. The van der Waals surface area contributed by atoms with Gasteiger partial charge in [0.05, 0.1) is 21.9 Å². The lowest BCUT2D eigenvalue weighted by atomic mass is 10.1. The van der Waals surface area contributed by atoms with E-state index in [1.54, 1.807) is 30.5 Å². The first-order chi connectivity index (χ1) is 12.2. The zero-order valence-corrected chi connectivity index (χ0v) is 13.9. The van der Waals surface area contributed by atoms with E-state index in [0.29, 0.717) is 29.7 Å². The van der Waals surface area contributed by atoms with E-state index in [1.165, 1.54) is 0 Å². The van der Waals surface area contributed by atoms with Gasteiger partial charge >= 0.3 is 5.69 Å². The quantitative estimate of drug-likeness (QED) is 0.513. The van der Waals surface area contributed by atoms with E-state index < -0.39 is 0 Å². The Kier molecular flexibility index (Phi) is 5.20. The van der Waals surface area contributed by atoms with Crippen molar-refractivity contribution in [2.24, 2.45) is 0 Å². The number of fused-ring (bicyclic) bond motifs is 1. The number of nitrogens with zero attached hydrogens (tertiary/aromatic N) is 2. The van der Waals surface area contributed by atoms with Gasteiger partial charge in [-0.1, -0.05) is 30.3 Å². The first-order valence-electron chi connectivity index (χ1n) is 8.13. The molecule has 6 nitrogen and oxygen atoms in total. The van der Waals surface area contributed by atoms with Gasteiger partial charge in [-0.15, -0.1) is 0 Å². The van der Waals surface area contributed by atoms with E-state index >= 15 is 0 Å². The van der Waals surface area contributed by atoms with Gasteiger partial charge in [0.15, 0.2) is 0 Å². The van der Waals surface area contributed by atoms with Crippen molar-refractivity contribution in [3.8, 4) is 0 Å². The Morgan fingerprint density at radius 1 is 1.16 bits per heavy atom. The zero-order valence-electron chi connectivity index (χ0n) is 13.9. The third-order valence-electron chi connectivity index (χ3n) is 3.96. The maximum atomic E-state index is 11.6. The summed E-state index contributed by atoms with van der Waals surface area (Å²) >= 11 is 0. The van der Waals surface area contributed by atoms with Crippen LogP contribution in [0.3, 0.4) is 0 Å². The van der Waals surface area contributed by atoms with Crippen LogP contribution < -0.4 is 5.32 Å². The average Bonchev–Trinajstić information content (AvgIpc) is 2.65. The molecule has 0 fully saturated rings. The van der Waals surface area contributed by atoms with Crippen molar-refractivity contribution < 1.29 is 9.66 Å². The lowest BCUT2D eigenvalue weighted by Crippen LogP contribution is -2.16. The van der Waals surface area contributed by atoms with Crippen LogP contribution in [0.1, 0.15) is 18.6 Å². The number of rotatable bonds is 7. The topological polar surface area (TPSA) is 77.3 Å². The van der Waals surface area contributed by atoms with Crippen molar-refractivity contribution in [2.45, 2.75) is 13.0 Å². The summed E-state index contributed by atoms with van der Waals surface area (Å²) < 4.78 is 5.79. The second-order valence-electron chi connectivity index (χ2n) is 5.52. The molecule has 1 N–H and O–H groups in total. The summed E-state index contributed by atoms with van der Waals surface area (Å²) in [5.41, 5.74) is 2.13. The SMILES string of the molecule is CCOC(CNc1ccc2ncccc2c1[N+](=O)[O-])c1ccccc1. The molecule has 0 amide bonds. The lowest BCUT2D eigenvalue weighted by molar-refractivity contribution is -0.382. The lowest BCUT2D eigenvalue weighted by Gasteiger charge is -2.19. The number of anilines is 1. The van der Waals surface area contributed by atoms with Crippen LogP contribution in [-0.2, 0) is 4.74 Å². The van der Waals surface area contributed by atoms with Crippen molar-refractivity contribution in [3.05, 3.63) is 76.5 Å². The standard InChI is InChI=1S/C19H19N3O3/c1-2-25-18(14-7-4-3-5-8-14)13-21-17-11-10-16-15(9-6-12-20-16)19(17)22(23)24/h3-12,18,21H,2,13H2,1H3. The van der Waals surface area contributed by atoms with Crippen LogP contribution in [0.25, 0.3) is 10.9 Å². The minimum absolute atomic E-state index is 0.0360. The number of benzene rings is 2. The minimum Gasteiger partial charge on any atom is -0.377 e. The molecule has 3 rings (SSSR count). The first kappa shape index (κ1) is 16.9. The Hall–Kier alpha value is -2.99. The summed E-state index contributed by atoms with van der Waals surface area (Å²) in [4.78, 5) is 15.4. The molecule has 0 aliphatic heterocycles. The van der Waals surface area contributed by atoms with Gasteiger partial charge in [-0.25, -0.2) is 0 Å². The second-order valence-corrected chi connectivity index (χ2v) is 5.52. The minimum atomic E-state index is -0.370. The predicted molar refractivity (Wildman–Crippen MR) is 97.7 cm³/mol. The molecule has 0 bridgehead atoms. The molecule has 0 spiro atoms. The number of ether oxygens (including phenoxy) is 1. The number of nitrogens with one attached hydrogen (secondary N) is 1. The number of nitro groups is 1. The Morgan fingerprint density at radius 2 is 1.96 bits per heavy atom. The largest absolute Gasteiger partial charge is 0.377 e. The van der Waals surface area contributed by atoms with Crippen molar-refractivity contribution in [1.29, 1.82) is 0 Å². The molecule has 6 heteroatoms. The van der Waals surface area contributed by atoms with Gasteiger partial charge in [0.2, 0.25) is 0 Å². The van der Waals surface area contributed by atoms with Crippen molar-refractivity contribution in [2.75, 3.05) is 18.5 Å². The van der Waals surface area contributed by atoms with Gasteiger partial charge in [0.25, 0.3) is 0 Å². The molecule has 1 unspecified atom stereocenters. The summed E-state index contributed by atoms with van der Waals surface area (Å²) in [5.74, 6) is 0. The smallest absolute Gasteiger partial charge is 0.301 e. The fourth-order valence-corrected chi connectivity index (χ4v) is 2.82. The van der Waals surface area contributed by atoms with E-state index in [0.717, 1.165) is 5.56 Å². The van der Waals surface area contributed by atoms with E-state index in [2.05, 4.69) is 10.3 Å². The fraction of sp³-hybridized carbons (Fsp3) is 0.211. The summed E-state index contributed by atoms with van der Waals surface area (Å²) in [7, 11) is 0. The molecule has 0 radical (unpaired) electrons. The summed E-state index contributed by atoms with van der Waals surface area (Å²) in [5, 5.41) is 15.3. The fourth-order valence-electron chi connectivity index (χ4n) is 2.82. The molecular weight excluding hydrogens is 318 g/mol. The van der Waals surface area contributed by atoms with Crippen molar-refractivity contribution >= 4 is 22.3 Å². The summed E-state index contributed by atoms with van der Waals surface area (Å²) in [6, 6.07) is 16.7. The Labute approximate surface area is 145 Å². The number of hydrogen-bond acceptors (Lipinski definition) is 5. The summed E-state index contributed by atoms with van der Waals surface area (Å²) in [6.07, 6.45) is 1.44. The highest BCUT2D eigenvalue weighted by molar-refractivity contribution is 5.94. The van der Waals surface area contributed by atoms with Crippen LogP contribution in [0.5, 0.6) is 0 Å². The number of pyridine rings is 1. The van der Waals surface area contributed by atoms with Crippen LogP contribution in [0.4, 0.5) is 11.4 Å². The molecule has 0 aliphatic carbocycles. The highest BCUT2D eigenvalue weighted by Crippen LogP contribution is 2.33. The second kappa shape index (κ2) is 7.72. The normalized spacial score (nSPS) is 12.0. The maximum absolute atomic E-state index is 11.6. The third-order valence-corrected chi connectivity index (χ3v) is 3.96. The van der Waals surface area contributed by atoms with Gasteiger partial charge in [-0.3, -0.25) is 15.1 Å². The molecule has 1 aromatic heterocycles. The zero-order chi connectivity index (χ0) is 17.6. The third kappa shape index (κ3) is 3.75. The molecule has 25 heavy (non-hydrogen) atoms. The van der Waals surface area contributed by atoms with E-state index in [4.69, 9.17) is 4.74 Å². The molecule has 2 aromatic carbocycles. The van der Waals surface area contributed by atoms with E-state index in [9.17, 15) is 10.1 Å².